The van der Waals surface area contributed by atoms with E-state index in [0.717, 1.165) is 6.04 Å². The maximum atomic E-state index is 10.6. The molecule has 5 atom stereocenters. The first kappa shape index (κ1) is 10.1. The van der Waals surface area contributed by atoms with Gasteiger partial charge in [0.2, 0.25) is 0 Å². The van der Waals surface area contributed by atoms with Crippen LogP contribution >= 0.6 is 0 Å². The van der Waals surface area contributed by atoms with Crippen LogP contribution < -0.4 is 0 Å². The second-order valence-corrected chi connectivity index (χ2v) is 5.96. The maximum Gasteiger partial charge on any atom is 0.0841 e. The minimum absolute atomic E-state index is 0.234. The highest BCUT2D eigenvalue weighted by Gasteiger charge is 2.52. The van der Waals surface area contributed by atoms with Crippen molar-refractivity contribution in [3.05, 3.63) is 35.4 Å². The number of hydrogen-bond acceptors (Lipinski definition) is 2. The molecule has 4 rings (SSSR count). The van der Waals surface area contributed by atoms with Gasteiger partial charge in [-0.25, -0.2) is 0 Å². The van der Waals surface area contributed by atoms with Crippen LogP contribution in [0.3, 0.4) is 0 Å². The van der Waals surface area contributed by atoms with Gasteiger partial charge < -0.3 is 10.0 Å². The molecule has 1 aliphatic carbocycles. The molecule has 1 aromatic carbocycles. The molecule has 17 heavy (non-hydrogen) atoms. The van der Waals surface area contributed by atoms with Crippen LogP contribution in [0.25, 0.3) is 0 Å². The first-order valence-corrected chi connectivity index (χ1v) is 6.76. The lowest BCUT2D eigenvalue weighted by molar-refractivity contribution is 0.0194. The lowest BCUT2D eigenvalue weighted by Gasteiger charge is -2.41. The van der Waals surface area contributed by atoms with E-state index in [1.165, 1.54) is 30.4 Å². The van der Waals surface area contributed by atoms with Crippen LogP contribution in [0.5, 0.6) is 0 Å². The van der Waals surface area contributed by atoms with E-state index in [1.54, 1.807) is 0 Å². The summed E-state index contributed by atoms with van der Waals surface area (Å²) in [5, 5.41) is 10.6. The summed E-state index contributed by atoms with van der Waals surface area (Å²) < 4.78 is 0. The molecule has 0 saturated carbocycles. The van der Waals surface area contributed by atoms with E-state index in [9.17, 15) is 5.11 Å². The van der Waals surface area contributed by atoms with Gasteiger partial charge in [-0.3, -0.25) is 0 Å². The summed E-state index contributed by atoms with van der Waals surface area (Å²) in [5.74, 6) is 1.05. The Morgan fingerprint density at radius 1 is 1.18 bits per heavy atom. The zero-order valence-electron chi connectivity index (χ0n) is 10.2. The normalized spacial score (nSPS) is 43.5. The van der Waals surface area contributed by atoms with Crippen molar-refractivity contribution in [3.63, 3.8) is 0 Å². The van der Waals surface area contributed by atoms with E-state index >= 15 is 0 Å². The van der Waals surface area contributed by atoms with Gasteiger partial charge in [-0.2, -0.15) is 0 Å². The van der Waals surface area contributed by atoms with Crippen LogP contribution in [0.1, 0.15) is 42.4 Å². The minimum Gasteiger partial charge on any atom is -0.388 e. The topological polar surface area (TPSA) is 23.5 Å². The van der Waals surface area contributed by atoms with Gasteiger partial charge >= 0.3 is 0 Å². The molecule has 0 spiro atoms. The van der Waals surface area contributed by atoms with Crippen molar-refractivity contribution in [2.75, 3.05) is 7.05 Å². The summed E-state index contributed by atoms with van der Waals surface area (Å²) in [6.07, 6.45) is 3.60. The third-order valence-corrected chi connectivity index (χ3v) is 5.41. The lowest BCUT2D eigenvalue weighted by Crippen LogP contribution is -2.45. The molecule has 2 unspecified atom stereocenters. The van der Waals surface area contributed by atoms with Gasteiger partial charge in [-0.05, 0) is 43.4 Å². The van der Waals surface area contributed by atoms with Crippen molar-refractivity contribution in [1.82, 2.24) is 4.90 Å². The van der Waals surface area contributed by atoms with Gasteiger partial charge in [0.25, 0.3) is 0 Å². The Balaban J connectivity index is 1.82. The molecular formula is C15H19NO. The Bertz CT molecular complexity index is 458. The second kappa shape index (κ2) is 3.33. The summed E-state index contributed by atoms with van der Waals surface area (Å²) in [4.78, 5) is 2.52. The molecule has 2 heteroatoms. The fourth-order valence-corrected chi connectivity index (χ4v) is 4.60. The minimum atomic E-state index is -0.234. The zero-order chi connectivity index (χ0) is 11.6. The fourth-order valence-electron chi connectivity index (χ4n) is 4.60. The molecular weight excluding hydrogens is 210 g/mol. The van der Waals surface area contributed by atoms with Crippen molar-refractivity contribution in [1.29, 1.82) is 0 Å². The van der Waals surface area contributed by atoms with Crippen LogP contribution in [-0.2, 0) is 0 Å². The largest absolute Gasteiger partial charge is 0.388 e. The quantitative estimate of drug-likeness (QED) is 0.738. The Labute approximate surface area is 102 Å². The molecule has 2 nitrogen and oxygen atoms in total. The Hall–Kier alpha value is -0.860. The van der Waals surface area contributed by atoms with Crippen LogP contribution in [-0.4, -0.2) is 29.1 Å². The zero-order valence-corrected chi connectivity index (χ0v) is 10.2. The Morgan fingerprint density at radius 3 is 2.76 bits per heavy atom. The van der Waals surface area contributed by atoms with Crippen LogP contribution in [0.4, 0.5) is 0 Å². The molecule has 1 aromatic rings. The Morgan fingerprint density at radius 2 is 1.94 bits per heavy atom. The smallest absolute Gasteiger partial charge is 0.0841 e. The molecule has 2 heterocycles. The summed E-state index contributed by atoms with van der Waals surface area (Å²) in [7, 11) is 2.24. The molecule has 0 aromatic heterocycles. The monoisotopic (exact) mass is 229 g/mol. The number of aliphatic hydroxyl groups is 1. The number of hydrogen-bond donors (Lipinski definition) is 1. The second-order valence-electron chi connectivity index (χ2n) is 5.96. The van der Waals surface area contributed by atoms with E-state index < -0.39 is 0 Å². The van der Waals surface area contributed by atoms with Crippen molar-refractivity contribution in [2.45, 2.75) is 43.4 Å². The summed E-state index contributed by atoms with van der Waals surface area (Å²) in [6, 6.07) is 9.87. The summed E-state index contributed by atoms with van der Waals surface area (Å²) in [5.41, 5.74) is 2.62. The molecule has 0 radical (unpaired) electrons. The van der Waals surface area contributed by atoms with Crippen molar-refractivity contribution in [3.8, 4) is 0 Å². The van der Waals surface area contributed by atoms with Gasteiger partial charge in [0.05, 0.1) is 6.10 Å². The highest BCUT2D eigenvalue weighted by molar-refractivity contribution is 5.40. The third-order valence-electron chi connectivity index (χ3n) is 5.41. The van der Waals surface area contributed by atoms with Crippen LogP contribution in [0.2, 0.25) is 0 Å². The standard InChI is InChI=1S/C15H19NO/c1-16-9-6-7-13(16)14-12(8-9)10-4-2-3-5-11(10)15(14)17/h2-5,9,12-15,17H,6-8H2,1H3/t9?,12-,13?,14+,15-/m1/s1. The summed E-state index contributed by atoms with van der Waals surface area (Å²) >= 11 is 0. The van der Waals surface area contributed by atoms with E-state index in [-0.39, 0.29) is 6.10 Å². The van der Waals surface area contributed by atoms with Gasteiger partial charge in [0.15, 0.2) is 0 Å². The molecule has 3 aliphatic rings. The van der Waals surface area contributed by atoms with Gasteiger partial charge in [-0.15, -0.1) is 0 Å². The number of aliphatic hydroxyl groups excluding tert-OH is 1. The van der Waals surface area contributed by atoms with Gasteiger partial charge in [0, 0.05) is 18.0 Å². The van der Waals surface area contributed by atoms with Crippen molar-refractivity contribution in [2.24, 2.45) is 5.92 Å². The third kappa shape index (κ3) is 1.18. The molecule has 2 saturated heterocycles. The summed E-state index contributed by atoms with van der Waals surface area (Å²) in [6.45, 7) is 0. The maximum absolute atomic E-state index is 10.6. The molecule has 0 amide bonds. The predicted octanol–water partition coefficient (Wildman–Crippen LogP) is 2.30. The van der Waals surface area contributed by atoms with Crippen LogP contribution in [0, 0.1) is 5.92 Å². The first-order valence-electron chi connectivity index (χ1n) is 6.76. The predicted molar refractivity (Wildman–Crippen MR) is 66.8 cm³/mol. The number of piperidine rings is 1. The molecule has 90 valence electrons. The highest BCUT2D eigenvalue weighted by atomic mass is 16.3. The molecule has 2 aliphatic heterocycles. The number of nitrogens with zero attached hydrogens (tertiary/aromatic N) is 1. The SMILES string of the molecule is CN1C2CCC1[C@H]1[C@H](O)c3ccccc3[C@H]1C2. The Kier molecular flexibility index (Phi) is 1.98. The first-order chi connectivity index (χ1) is 8.27. The van der Waals surface area contributed by atoms with E-state index in [1.807, 2.05) is 0 Å². The number of benzene rings is 1. The van der Waals surface area contributed by atoms with Crippen molar-refractivity contribution < 1.29 is 5.11 Å². The highest BCUT2D eigenvalue weighted by Crippen LogP contribution is 2.56. The van der Waals surface area contributed by atoms with E-state index in [2.05, 4.69) is 36.2 Å². The average Bonchev–Trinajstić information content (AvgIpc) is 2.75. The number of fused-ring (bicyclic) bond motifs is 6. The lowest BCUT2D eigenvalue weighted by atomic mass is 9.80. The molecule has 2 bridgehead atoms. The van der Waals surface area contributed by atoms with Crippen molar-refractivity contribution >= 4 is 0 Å². The van der Waals surface area contributed by atoms with E-state index in [4.69, 9.17) is 0 Å². The number of rotatable bonds is 0. The van der Waals surface area contributed by atoms with Crippen LogP contribution in [0.15, 0.2) is 24.3 Å². The molecule has 1 N–H and O–H groups in total. The fraction of sp³-hybridized carbons (Fsp3) is 0.600. The van der Waals surface area contributed by atoms with Gasteiger partial charge in [-0.1, -0.05) is 24.3 Å². The average molecular weight is 229 g/mol. The van der Waals surface area contributed by atoms with E-state index in [0.29, 0.717) is 17.9 Å². The van der Waals surface area contributed by atoms with Gasteiger partial charge in [0.1, 0.15) is 0 Å². The molecule has 2 fully saturated rings.